The monoisotopic (exact) mass is 332 g/mol. The van der Waals surface area contributed by atoms with E-state index in [1.807, 2.05) is 27.7 Å². The van der Waals surface area contributed by atoms with Gasteiger partial charge in [0.15, 0.2) is 0 Å². The third kappa shape index (κ3) is 86.4. The second-order valence-electron chi connectivity index (χ2n) is 0. The van der Waals surface area contributed by atoms with Crippen molar-refractivity contribution in [1.29, 1.82) is 0 Å². The molecular formula is C4H17PVW. The standard InChI is InChI=1S/2C2H6.H3P.V.W.H2/c2*1-2;;;;/h2*1-2H3;1H3;;;1H/i;;;;;1+1. The van der Waals surface area contributed by atoms with Gasteiger partial charge < -0.3 is 0 Å². The minimum atomic E-state index is 0. The second kappa shape index (κ2) is 119. The fourth-order valence-electron chi connectivity index (χ4n) is 0. The van der Waals surface area contributed by atoms with Crippen molar-refractivity contribution < 1.29 is 41.0 Å². The molecule has 0 aliphatic rings. The first-order chi connectivity index (χ1) is 2.00. The van der Waals surface area contributed by atoms with Crippen molar-refractivity contribution in [2.24, 2.45) is 0 Å². The van der Waals surface area contributed by atoms with E-state index in [4.69, 9.17) is 0 Å². The van der Waals surface area contributed by atoms with Crippen molar-refractivity contribution in [1.82, 2.24) is 0 Å². The predicted molar refractivity (Wildman–Crippen MR) is 35.9 cm³/mol. The summed E-state index contributed by atoms with van der Waals surface area (Å²) in [4.78, 5) is 0. The second-order valence-corrected chi connectivity index (χ2v) is 0. The summed E-state index contributed by atoms with van der Waals surface area (Å²) in [6, 6.07) is 0. The molecule has 0 aliphatic heterocycles. The molecule has 0 fully saturated rings. The molecule has 1 unspecified atom stereocenters. The first-order valence-electron chi connectivity index (χ1n) is 2.00. The van der Waals surface area contributed by atoms with Crippen molar-refractivity contribution in [2.45, 2.75) is 27.7 Å². The zero-order valence-electron chi connectivity index (χ0n) is 5.56. The third-order valence-corrected chi connectivity index (χ3v) is 0. The van der Waals surface area contributed by atoms with Crippen LogP contribution in [0.5, 0.6) is 0 Å². The van der Waals surface area contributed by atoms with Gasteiger partial charge in [0.2, 0.25) is 0 Å². The molecule has 3 heteroatoms. The summed E-state index contributed by atoms with van der Waals surface area (Å²) < 4.78 is 0. The van der Waals surface area contributed by atoms with Gasteiger partial charge in [-0.2, -0.15) is 9.90 Å². The quantitative estimate of drug-likeness (QED) is 0.598. The normalized spacial score (nSPS) is 1.71. The molecule has 0 saturated carbocycles. The fourth-order valence-corrected chi connectivity index (χ4v) is 0. The maximum atomic E-state index is 2.00. The number of hydrogen-bond acceptors (Lipinski definition) is 0. The van der Waals surface area contributed by atoms with Crippen molar-refractivity contribution in [3.8, 4) is 0 Å². The molecule has 0 aromatic carbocycles. The fraction of sp³-hybridized carbons (Fsp3) is 1.00. The number of rotatable bonds is 0. The van der Waals surface area contributed by atoms with Crippen molar-refractivity contribution in [3.63, 3.8) is 0 Å². The van der Waals surface area contributed by atoms with Crippen LogP contribution < -0.4 is 0 Å². The first-order valence-corrected chi connectivity index (χ1v) is 2.00. The van der Waals surface area contributed by atoms with Gasteiger partial charge in [0.25, 0.3) is 0 Å². The van der Waals surface area contributed by atoms with Crippen LogP contribution in [0.1, 0.15) is 29.1 Å². The van der Waals surface area contributed by atoms with Gasteiger partial charge in [-0.25, -0.2) is 0 Å². The molecule has 0 nitrogen and oxygen atoms in total. The Kier molecular flexibility index (Phi) is 642. The van der Waals surface area contributed by atoms with Gasteiger partial charge in [0.1, 0.15) is 0 Å². The third-order valence-electron chi connectivity index (χ3n) is 0. The minimum absolute atomic E-state index is 0. The van der Waals surface area contributed by atoms with E-state index in [-0.39, 0.29) is 50.9 Å². The molecule has 0 aromatic heterocycles. The van der Waals surface area contributed by atoms with E-state index in [1.54, 1.807) is 0 Å². The van der Waals surface area contributed by atoms with Gasteiger partial charge >= 0.3 is 0 Å². The van der Waals surface area contributed by atoms with Gasteiger partial charge in [0.05, 0.1) is 0 Å². The van der Waals surface area contributed by atoms with Crippen LogP contribution in [0.4, 0.5) is 0 Å². The SMILES string of the molecule is CC.CC.P.[2HH].[V].[W]. The Morgan fingerprint density at radius 2 is 0.857 bits per heavy atom. The molecule has 0 amide bonds. The molecule has 0 aliphatic carbocycles. The Bertz CT molecular complexity index is 16.0. The topological polar surface area (TPSA) is 0 Å². The molecule has 0 bridgehead atoms. The maximum Gasteiger partial charge on any atom is 0 e. The van der Waals surface area contributed by atoms with Crippen molar-refractivity contribution >= 4 is 9.90 Å². The molecule has 49 valence electrons. The van der Waals surface area contributed by atoms with Crippen LogP contribution in [0.25, 0.3) is 0 Å². The average Bonchev–Trinajstić information content (AvgIpc) is 1.50. The van der Waals surface area contributed by atoms with E-state index in [2.05, 4.69) is 0 Å². The van der Waals surface area contributed by atoms with Crippen LogP contribution >= 0.6 is 9.90 Å². The van der Waals surface area contributed by atoms with Crippen LogP contribution in [0, 0.1) is 0 Å². The van der Waals surface area contributed by atoms with Gasteiger partial charge in [-0.15, -0.1) is 0 Å². The largest absolute Gasteiger partial charge is 0.153 e. The minimum Gasteiger partial charge on any atom is -0.153 e. The molecule has 0 heterocycles. The van der Waals surface area contributed by atoms with Gasteiger partial charge in [-0.3, -0.25) is 0 Å². The summed E-state index contributed by atoms with van der Waals surface area (Å²) in [5.41, 5.74) is 0. The van der Waals surface area contributed by atoms with E-state index in [0.29, 0.717) is 0 Å². The Balaban J connectivity index is -0.00000000167. The molecule has 0 aromatic rings. The van der Waals surface area contributed by atoms with Crippen LogP contribution in [-0.4, -0.2) is 0 Å². The average molecular weight is 332 g/mol. The summed E-state index contributed by atoms with van der Waals surface area (Å²) in [7, 11) is 0. The summed E-state index contributed by atoms with van der Waals surface area (Å²) in [5, 5.41) is 0. The van der Waals surface area contributed by atoms with Crippen LogP contribution in [0.15, 0.2) is 0 Å². The molecule has 1 atom stereocenters. The zero-order chi connectivity index (χ0) is 4.00. The Labute approximate surface area is 78.5 Å². The summed E-state index contributed by atoms with van der Waals surface area (Å²) in [6.07, 6.45) is 0. The Morgan fingerprint density at radius 3 is 0.857 bits per heavy atom. The smallest absolute Gasteiger partial charge is 0 e. The van der Waals surface area contributed by atoms with E-state index in [0.717, 1.165) is 0 Å². The van der Waals surface area contributed by atoms with E-state index in [1.165, 1.54) is 0 Å². The Hall–Kier alpha value is 1.70. The number of hydrogen-bond donors (Lipinski definition) is 0. The van der Waals surface area contributed by atoms with Crippen LogP contribution in [0.2, 0.25) is 0 Å². The van der Waals surface area contributed by atoms with Crippen LogP contribution in [-0.2, 0) is 39.6 Å². The summed E-state index contributed by atoms with van der Waals surface area (Å²) in [5.74, 6) is 0. The molecule has 0 rings (SSSR count). The van der Waals surface area contributed by atoms with E-state index >= 15 is 0 Å². The van der Waals surface area contributed by atoms with E-state index in [9.17, 15) is 0 Å². The summed E-state index contributed by atoms with van der Waals surface area (Å²) >= 11 is 0. The van der Waals surface area contributed by atoms with Gasteiger partial charge in [-0.1, -0.05) is 27.7 Å². The predicted octanol–water partition coefficient (Wildman–Crippen LogP) is 2.35. The first kappa shape index (κ1) is 37.7. The molecule has 0 saturated heterocycles. The zero-order valence-corrected chi connectivity index (χ0v) is 11.3. The van der Waals surface area contributed by atoms with E-state index < -0.39 is 0 Å². The van der Waals surface area contributed by atoms with Crippen molar-refractivity contribution in [3.05, 3.63) is 0 Å². The van der Waals surface area contributed by atoms with Gasteiger partial charge in [-0.05, 0) is 0 Å². The molecule has 0 N–H and O–H groups in total. The molecule has 0 spiro atoms. The molecular weight excluding hydrogens is 314 g/mol. The van der Waals surface area contributed by atoms with Crippen molar-refractivity contribution in [2.75, 3.05) is 0 Å². The molecule has 7 heavy (non-hydrogen) atoms. The summed E-state index contributed by atoms with van der Waals surface area (Å²) in [6.45, 7) is 8.00. The maximum absolute atomic E-state index is 2.00. The molecule has 1 radical (unpaired) electrons. The van der Waals surface area contributed by atoms with Crippen LogP contribution in [0.3, 0.4) is 0 Å². The van der Waals surface area contributed by atoms with Gasteiger partial charge in [0, 0.05) is 41.0 Å². The Morgan fingerprint density at radius 1 is 0.857 bits per heavy atom.